The molecule has 0 aliphatic carbocycles. The van der Waals surface area contributed by atoms with Crippen LogP contribution in [0.3, 0.4) is 0 Å². The first-order valence-electron chi connectivity index (χ1n) is 12.3. The number of ether oxygens (including phenoxy) is 1. The van der Waals surface area contributed by atoms with E-state index in [4.69, 9.17) is 16.3 Å². The summed E-state index contributed by atoms with van der Waals surface area (Å²) >= 11 is 6.49. The zero-order chi connectivity index (χ0) is 28.0. The van der Waals surface area contributed by atoms with Crippen LogP contribution in [-0.2, 0) is 16.2 Å². The summed E-state index contributed by atoms with van der Waals surface area (Å²) in [6, 6.07) is 8.37. The van der Waals surface area contributed by atoms with Crippen molar-refractivity contribution in [1.29, 1.82) is 0 Å². The van der Waals surface area contributed by atoms with Gasteiger partial charge in [0, 0.05) is 23.7 Å². The molecule has 0 N–H and O–H groups in total. The van der Waals surface area contributed by atoms with Crippen molar-refractivity contribution in [2.45, 2.75) is 39.5 Å². The first-order valence-corrected chi connectivity index (χ1v) is 12.7. The SMILES string of the molecule is Cc1cc(-n2cc(F)cn2)c2cccc(OCc3c(Cl)cc(F)cc3[C@H](C)N3CC(=O)N(C)[C@H](C)C3=O)c2n1. The van der Waals surface area contributed by atoms with Gasteiger partial charge >= 0.3 is 0 Å². The molecule has 1 aliphatic rings. The fourth-order valence-electron chi connectivity index (χ4n) is 4.82. The number of para-hydroxylation sites is 1. The van der Waals surface area contributed by atoms with Crippen LogP contribution in [0.15, 0.2) is 48.8 Å². The minimum atomic E-state index is -0.640. The van der Waals surface area contributed by atoms with Crippen LogP contribution in [0.5, 0.6) is 5.75 Å². The lowest BCUT2D eigenvalue weighted by atomic mass is 9.98. The van der Waals surface area contributed by atoms with Crippen LogP contribution >= 0.6 is 11.6 Å². The Hall–Kier alpha value is -4.05. The van der Waals surface area contributed by atoms with E-state index < -0.39 is 23.7 Å². The summed E-state index contributed by atoms with van der Waals surface area (Å²) in [5.41, 5.74) is 2.76. The summed E-state index contributed by atoms with van der Waals surface area (Å²) in [5, 5.41) is 4.90. The van der Waals surface area contributed by atoms with E-state index in [0.717, 1.165) is 6.20 Å². The first kappa shape index (κ1) is 26.6. The van der Waals surface area contributed by atoms with Crippen LogP contribution < -0.4 is 4.74 Å². The smallest absolute Gasteiger partial charge is 0.246 e. The molecule has 4 aromatic rings. The minimum Gasteiger partial charge on any atom is -0.487 e. The van der Waals surface area contributed by atoms with Crippen molar-refractivity contribution in [1.82, 2.24) is 24.6 Å². The Balaban J connectivity index is 1.50. The van der Waals surface area contributed by atoms with Crippen LogP contribution in [0.2, 0.25) is 5.02 Å². The van der Waals surface area contributed by atoms with E-state index in [1.54, 1.807) is 39.1 Å². The third-order valence-corrected chi connectivity index (χ3v) is 7.45. The van der Waals surface area contributed by atoms with Crippen LogP contribution in [0.25, 0.3) is 16.6 Å². The molecule has 1 fully saturated rings. The Morgan fingerprint density at radius 2 is 1.95 bits per heavy atom. The number of rotatable bonds is 6. The summed E-state index contributed by atoms with van der Waals surface area (Å²) in [5.74, 6) is -1.05. The van der Waals surface area contributed by atoms with Gasteiger partial charge in [-0.15, -0.1) is 0 Å². The maximum absolute atomic E-state index is 14.5. The molecule has 1 aliphatic heterocycles. The molecule has 2 aromatic carbocycles. The number of hydrogen-bond donors (Lipinski definition) is 0. The molecule has 0 saturated carbocycles. The number of nitrogens with zero attached hydrogens (tertiary/aromatic N) is 5. The number of hydrogen-bond acceptors (Lipinski definition) is 5. The highest BCUT2D eigenvalue weighted by atomic mass is 35.5. The molecule has 2 atom stereocenters. The van der Waals surface area contributed by atoms with Crippen LogP contribution in [-0.4, -0.2) is 56.0 Å². The molecule has 0 bridgehead atoms. The highest BCUT2D eigenvalue weighted by Gasteiger charge is 2.37. The Morgan fingerprint density at radius 1 is 1.18 bits per heavy atom. The van der Waals surface area contributed by atoms with Gasteiger partial charge in [-0.05, 0) is 50.6 Å². The van der Waals surface area contributed by atoms with Gasteiger partial charge in [-0.3, -0.25) is 9.59 Å². The molecule has 2 amide bonds. The van der Waals surface area contributed by atoms with Gasteiger partial charge in [-0.2, -0.15) is 5.10 Å². The number of fused-ring (bicyclic) bond motifs is 1. The number of carbonyl (C=O) groups excluding carboxylic acids is 2. The van der Waals surface area contributed by atoms with E-state index in [0.29, 0.717) is 39.2 Å². The predicted molar refractivity (Wildman–Crippen MR) is 142 cm³/mol. The van der Waals surface area contributed by atoms with Gasteiger partial charge in [0.2, 0.25) is 11.8 Å². The molecule has 5 rings (SSSR count). The molecule has 11 heteroatoms. The number of amides is 2. The van der Waals surface area contributed by atoms with Crippen molar-refractivity contribution in [2.75, 3.05) is 13.6 Å². The number of likely N-dealkylation sites (N-methyl/N-ethyl adjacent to an activating group) is 1. The van der Waals surface area contributed by atoms with Gasteiger partial charge in [0.1, 0.15) is 36.3 Å². The monoisotopic (exact) mass is 553 g/mol. The van der Waals surface area contributed by atoms with Crippen molar-refractivity contribution < 1.29 is 23.1 Å². The van der Waals surface area contributed by atoms with Crippen molar-refractivity contribution in [2.24, 2.45) is 0 Å². The van der Waals surface area contributed by atoms with Crippen molar-refractivity contribution in [3.63, 3.8) is 0 Å². The van der Waals surface area contributed by atoms with E-state index in [1.807, 2.05) is 13.0 Å². The molecule has 39 heavy (non-hydrogen) atoms. The average Bonchev–Trinajstić information content (AvgIpc) is 3.34. The van der Waals surface area contributed by atoms with Crippen molar-refractivity contribution in [3.8, 4) is 11.4 Å². The van der Waals surface area contributed by atoms with Crippen molar-refractivity contribution in [3.05, 3.63) is 82.3 Å². The second-order valence-electron chi connectivity index (χ2n) is 9.60. The summed E-state index contributed by atoms with van der Waals surface area (Å²) in [4.78, 5) is 33.0. The Bertz CT molecular complexity index is 1610. The highest BCUT2D eigenvalue weighted by Crippen LogP contribution is 2.34. The highest BCUT2D eigenvalue weighted by molar-refractivity contribution is 6.31. The quantitative estimate of drug-likeness (QED) is 0.336. The van der Waals surface area contributed by atoms with E-state index in [2.05, 4.69) is 10.1 Å². The van der Waals surface area contributed by atoms with Gasteiger partial charge in [-0.1, -0.05) is 23.7 Å². The number of piperazine rings is 1. The summed E-state index contributed by atoms with van der Waals surface area (Å²) < 4.78 is 35.8. The molecule has 3 heterocycles. The standard InChI is InChI=1S/C28H26ClF2N5O3/c1-15-8-24(36-12-19(31)11-32-36)20-6-5-7-25(27(20)33-15)39-14-22-21(9-18(30)10-23(22)29)16(2)35-13-26(37)34(4)17(3)28(35)38/h5-12,16-17H,13-14H2,1-4H3/t16-,17+/m0/s1. The number of benzene rings is 2. The average molecular weight is 554 g/mol. The summed E-state index contributed by atoms with van der Waals surface area (Å²) in [6.45, 7) is 5.02. The van der Waals surface area contributed by atoms with Gasteiger partial charge in [0.25, 0.3) is 0 Å². The second kappa shape index (κ2) is 10.3. The van der Waals surface area contributed by atoms with E-state index >= 15 is 0 Å². The fourth-order valence-corrected chi connectivity index (χ4v) is 5.09. The maximum Gasteiger partial charge on any atom is 0.246 e. The zero-order valence-corrected chi connectivity index (χ0v) is 22.5. The number of pyridine rings is 1. The van der Waals surface area contributed by atoms with Gasteiger partial charge in [0.15, 0.2) is 5.82 Å². The molecule has 0 radical (unpaired) electrons. The normalized spacial score (nSPS) is 16.7. The molecule has 0 unspecified atom stereocenters. The van der Waals surface area contributed by atoms with Gasteiger partial charge in [0.05, 0.1) is 29.1 Å². The summed E-state index contributed by atoms with van der Waals surface area (Å²) in [6.07, 6.45) is 2.40. The molecule has 1 saturated heterocycles. The largest absolute Gasteiger partial charge is 0.487 e. The van der Waals surface area contributed by atoms with Crippen LogP contribution in [0, 0.1) is 18.6 Å². The van der Waals surface area contributed by atoms with Gasteiger partial charge in [-0.25, -0.2) is 18.4 Å². The van der Waals surface area contributed by atoms with E-state index in [-0.39, 0.29) is 30.0 Å². The van der Waals surface area contributed by atoms with E-state index in [9.17, 15) is 18.4 Å². The lowest BCUT2D eigenvalue weighted by molar-refractivity contribution is -0.155. The Labute approximate surface area is 228 Å². The van der Waals surface area contributed by atoms with Gasteiger partial charge < -0.3 is 14.5 Å². The molecule has 0 spiro atoms. The topological polar surface area (TPSA) is 80.6 Å². The number of aryl methyl sites for hydroxylation is 1. The summed E-state index contributed by atoms with van der Waals surface area (Å²) in [7, 11) is 1.58. The number of halogens is 3. The number of aromatic nitrogens is 3. The predicted octanol–water partition coefficient (Wildman–Crippen LogP) is 4.99. The molecular formula is C28H26ClF2N5O3. The molecule has 2 aromatic heterocycles. The third kappa shape index (κ3) is 4.92. The Kier molecular flexibility index (Phi) is 6.98. The minimum absolute atomic E-state index is 0.0509. The lowest BCUT2D eigenvalue weighted by Gasteiger charge is -2.40. The fraction of sp³-hybridized carbons (Fsp3) is 0.286. The van der Waals surface area contributed by atoms with Crippen LogP contribution in [0.1, 0.15) is 36.7 Å². The second-order valence-corrected chi connectivity index (χ2v) is 10.0. The van der Waals surface area contributed by atoms with E-state index in [1.165, 1.54) is 32.8 Å². The molecule has 8 nitrogen and oxygen atoms in total. The third-order valence-electron chi connectivity index (χ3n) is 7.11. The molecular weight excluding hydrogens is 528 g/mol. The molecule has 202 valence electrons. The van der Waals surface area contributed by atoms with Crippen molar-refractivity contribution >= 4 is 34.3 Å². The van der Waals surface area contributed by atoms with Crippen LogP contribution in [0.4, 0.5) is 8.78 Å². The lowest BCUT2D eigenvalue weighted by Crippen LogP contribution is -2.57. The number of carbonyl (C=O) groups is 2. The Morgan fingerprint density at radius 3 is 2.67 bits per heavy atom. The first-order chi connectivity index (χ1) is 18.5. The zero-order valence-electron chi connectivity index (χ0n) is 21.8. The maximum atomic E-state index is 14.5.